The van der Waals surface area contributed by atoms with Crippen molar-refractivity contribution >= 4 is 31.9 Å². The number of morpholine rings is 1. The molecule has 0 saturated carbocycles. The van der Waals surface area contributed by atoms with Crippen molar-refractivity contribution in [2.75, 3.05) is 45.9 Å². The lowest BCUT2D eigenvalue weighted by molar-refractivity contribution is -0.133. The third-order valence-corrected chi connectivity index (χ3v) is 8.63. The van der Waals surface area contributed by atoms with Crippen LogP contribution in [0.3, 0.4) is 0 Å². The van der Waals surface area contributed by atoms with Crippen LogP contribution in [0, 0.1) is 6.92 Å². The van der Waals surface area contributed by atoms with Gasteiger partial charge in [0.15, 0.2) is 0 Å². The van der Waals surface area contributed by atoms with E-state index < -0.39 is 10.0 Å². The topological polar surface area (TPSA) is 83.3 Å². The number of furan rings is 1. The van der Waals surface area contributed by atoms with Gasteiger partial charge in [0.2, 0.25) is 15.9 Å². The van der Waals surface area contributed by atoms with Crippen LogP contribution in [0.1, 0.15) is 17.1 Å². The van der Waals surface area contributed by atoms with Crippen molar-refractivity contribution < 1.29 is 22.4 Å². The number of carbonyl (C=O) groups excluding carboxylic acids is 1. The Morgan fingerprint density at radius 3 is 2.32 bits per heavy atom. The smallest absolute Gasteiger partial charge is 0.243 e. The van der Waals surface area contributed by atoms with Crippen molar-refractivity contribution in [3.63, 3.8) is 0 Å². The van der Waals surface area contributed by atoms with Gasteiger partial charge in [-0.1, -0.05) is 46.3 Å². The lowest BCUT2D eigenvalue weighted by atomic mass is 10.2. The summed E-state index contributed by atoms with van der Waals surface area (Å²) in [5.74, 6) is 1.12. The highest BCUT2D eigenvalue weighted by atomic mass is 79.9. The quantitative estimate of drug-likeness (QED) is 0.337. The Morgan fingerprint density at radius 1 is 0.973 bits per heavy atom. The van der Waals surface area contributed by atoms with Gasteiger partial charge >= 0.3 is 0 Å². The van der Waals surface area contributed by atoms with Crippen molar-refractivity contribution in [1.29, 1.82) is 0 Å². The highest BCUT2D eigenvalue weighted by Crippen LogP contribution is 2.20. The molecule has 4 rings (SSSR count). The Labute approximate surface area is 227 Å². The molecule has 198 valence electrons. The number of amides is 1. The number of benzene rings is 2. The molecule has 37 heavy (non-hydrogen) atoms. The Hall–Kier alpha value is -2.50. The minimum absolute atomic E-state index is 0.154. The molecule has 0 atom stereocenters. The van der Waals surface area contributed by atoms with E-state index in [4.69, 9.17) is 9.15 Å². The highest BCUT2D eigenvalue weighted by Gasteiger charge is 2.29. The van der Waals surface area contributed by atoms with Gasteiger partial charge in [-0.15, -0.1) is 0 Å². The molecule has 0 N–H and O–H groups in total. The van der Waals surface area contributed by atoms with Crippen LogP contribution in [0.5, 0.6) is 0 Å². The average molecular weight is 591 g/mol. The van der Waals surface area contributed by atoms with Gasteiger partial charge in [0.1, 0.15) is 11.5 Å². The van der Waals surface area contributed by atoms with Crippen LogP contribution in [-0.4, -0.2) is 74.4 Å². The van der Waals surface area contributed by atoms with Crippen molar-refractivity contribution in [3.8, 4) is 0 Å². The van der Waals surface area contributed by atoms with E-state index in [9.17, 15) is 13.2 Å². The number of nitrogens with zero attached hydrogens (tertiary/aromatic N) is 3. The second-order valence-electron chi connectivity index (χ2n) is 8.99. The maximum atomic E-state index is 13.7. The fraction of sp³-hybridized carbons (Fsp3) is 0.370. The minimum Gasteiger partial charge on any atom is -0.464 e. The fourth-order valence-corrected chi connectivity index (χ4v) is 5.81. The summed E-state index contributed by atoms with van der Waals surface area (Å²) in [5.41, 5.74) is 0.953. The van der Waals surface area contributed by atoms with Gasteiger partial charge in [0.25, 0.3) is 0 Å². The molecule has 8 nitrogen and oxygen atoms in total. The molecule has 1 aromatic heterocycles. The molecule has 0 radical (unpaired) electrons. The van der Waals surface area contributed by atoms with E-state index >= 15 is 0 Å². The predicted octanol–water partition coefficient (Wildman–Crippen LogP) is 3.90. The largest absolute Gasteiger partial charge is 0.464 e. The van der Waals surface area contributed by atoms with Crippen LogP contribution in [0.25, 0.3) is 0 Å². The standard InChI is InChI=1S/C27H32BrN3O5S/c1-22-7-10-25(36-22)20-30(19-23-5-3-2-4-6-23)27(32)21-31(14-13-29-15-17-35-18-16-29)37(33,34)26-11-8-24(28)9-12-26/h2-12H,13-21H2,1H3. The third kappa shape index (κ3) is 7.75. The zero-order valence-electron chi connectivity index (χ0n) is 20.9. The van der Waals surface area contributed by atoms with E-state index in [2.05, 4.69) is 20.8 Å². The molecule has 0 spiro atoms. The maximum absolute atomic E-state index is 13.7. The molecule has 10 heteroatoms. The second-order valence-corrected chi connectivity index (χ2v) is 11.8. The number of aryl methyl sites for hydroxylation is 1. The van der Waals surface area contributed by atoms with Crippen molar-refractivity contribution in [2.24, 2.45) is 0 Å². The van der Waals surface area contributed by atoms with E-state index in [0.717, 1.165) is 28.9 Å². The number of carbonyl (C=O) groups is 1. The van der Waals surface area contributed by atoms with Crippen LogP contribution < -0.4 is 0 Å². The number of ether oxygens (including phenoxy) is 1. The van der Waals surface area contributed by atoms with Crippen molar-refractivity contribution in [1.82, 2.24) is 14.1 Å². The summed E-state index contributed by atoms with van der Waals surface area (Å²) in [6.45, 7) is 5.59. The Kier molecular flexibility index (Phi) is 9.55. The third-order valence-electron chi connectivity index (χ3n) is 6.24. The monoisotopic (exact) mass is 589 g/mol. The van der Waals surface area contributed by atoms with Crippen LogP contribution in [-0.2, 0) is 32.6 Å². The van der Waals surface area contributed by atoms with E-state index in [1.807, 2.05) is 49.4 Å². The molecule has 0 bridgehead atoms. The Morgan fingerprint density at radius 2 is 1.68 bits per heavy atom. The van der Waals surface area contributed by atoms with Crippen molar-refractivity contribution in [2.45, 2.75) is 24.9 Å². The molecule has 1 fully saturated rings. The van der Waals surface area contributed by atoms with E-state index in [1.54, 1.807) is 29.2 Å². The van der Waals surface area contributed by atoms with Gasteiger partial charge < -0.3 is 14.1 Å². The van der Waals surface area contributed by atoms with Crippen LogP contribution in [0.15, 0.2) is 80.5 Å². The summed E-state index contributed by atoms with van der Waals surface area (Å²) in [7, 11) is -3.91. The van der Waals surface area contributed by atoms with E-state index in [1.165, 1.54) is 4.31 Å². The van der Waals surface area contributed by atoms with Gasteiger partial charge in [-0.2, -0.15) is 4.31 Å². The molecule has 1 saturated heterocycles. The zero-order chi connectivity index (χ0) is 26.3. The summed E-state index contributed by atoms with van der Waals surface area (Å²) in [6.07, 6.45) is 0. The van der Waals surface area contributed by atoms with Crippen molar-refractivity contribution in [3.05, 3.63) is 88.3 Å². The first-order valence-corrected chi connectivity index (χ1v) is 14.5. The number of rotatable bonds is 11. The first kappa shape index (κ1) is 27.5. The SMILES string of the molecule is Cc1ccc(CN(Cc2ccccc2)C(=O)CN(CCN2CCOCC2)S(=O)(=O)c2ccc(Br)cc2)o1. The normalized spacial score (nSPS) is 14.7. The van der Waals surface area contributed by atoms with Gasteiger partial charge in [-0.05, 0) is 48.9 Å². The van der Waals surface area contributed by atoms with E-state index in [-0.39, 0.29) is 30.4 Å². The molecular formula is C27H32BrN3O5S. The lowest BCUT2D eigenvalue weighted by Gasteiger charge is -2.31. The first-order chi connectivity index (χ1) is 17.8. The summed E-state index contributed by atoms with van der Waals surface area (Å²) in [6, 6.07) is 19.8. The minimum atomic E-state index is -3.91. The van der Waals surface area contributed by atoms with Gasteiger partial charge in [0.05, 0.1) is 31.2 Å². The molecule has 2 heterocycles. The molecule has 1 amide bonds. The highest BCUT2D eigenvalue weighted by molar-refractivity contribution is 9.10. The van der Waals surface area contributed by atoms with Crippen LogP contribution in [0.2, 0.25) is 0 Å². The molecular weight excluding hydrogens is 558 g/mol. The van der Waals surface area contributed by atoms with Gasteiger partial charge in [-0.25, -0.2) is 8.42 Å². The molecule has 1 aliphatic heterocycles. The van der Waals surface area contributed by atoms with Crippen LogP contribution in [0.4, 0.5) is 0 Å². The number of sulfonamides is 1. The molecule has 1 aliphatic rings. The summed E-state index contributed by atoms with van der Waals surface area (Å²) < 4.78 is 40.6. The molecule has 2 aromatic carbocycles. The first-order valence-electron chi connectivity index (χ1n) is 12.2. The summed E-state index contributed by atoms with van der Waals surface area (Å²) in [5, 5.41) is 0. The lowest BCUT2D eigenvalue weighted by Crippen LogP contribution is -2.47. The zero-order valence-corrected chi connectivity index (χ0v) is 23.3. The van der Waals surface area contributed by atoms with E-state index in [0.29, 0.717) is 32.1 Å². The fourth-order valence-electron chi connectivity index (χ4n) is 4.16. The van der Waals surface area contributed by atoms with Crippen LogP contribution >= 0.6 is 15.9 Å². The predicted molar refractivity (Wildman–Crippen MR) is 144 cm³/mol. The Balaban J connectivity index is 1.57. The summed E-state index contributed by atoms with van der Waals surface area (Å²) in [4.78, 5) is 17.6. The molecule has 0 unspecified atom stereocenters. The number of hydrogen-bond acceptors (Lipinski definition) is 6. The van der Waals surface area contributed by atoms with Gasteiger partial charge in [-0.3, -0.25) is 9.69 Å². The average Bonchev–Trinajstić information content (AvgIpc) is 3.31. The molecule has 3 aromatic rings. The summed E-state index contributed by atoms with van der Waals surface area (Å²) >= 11 is 3.36. The van der Waals surface area contributed by atoms with Gasteiger partial charge in [0, 0.05) is 37.2 Å². The molecule has 0 aliphatic carbocycles. The number of hydrogen-bond donors (Lipinski definition) is 0. The number of halogens is 1. The second kappa shape index (κ2) is 12.8. The maximum Gasteiger partial charge on any atom is 0.243 e. The Bertz CT molecular complexity index is 1260.